The molecule has 0 saturated carbocycles. The van der Waals surface area contributed by atoms with Crippen LogP contribution in [0, 0.1) is 6.92 Å². The summed E-state index contributed by atoms with van der Waals surface area (Å²) in [5, 5.41) is 3.27. The molecule has 5 nitrogen and oxygen atoms in total. The molecule has 7 heteroatoms. The van der Waals surface area contributed by atoms with E-state index in [0.717, 1.165) is 22.9 Å². The molecule has 0 fully saturated rings. The number of rotatable bonds is 6. The fraction of sp³-hybridized carbons (Fsp3) is 0.136. The summed E-state index contributed by atoms with van der Waals surface area (Å²) in [6.07, 6.45) is 1.05. The topological polar surface area (TPSA) is 75.3 Å². The normalized spacial score (nSPS) is 12.2. The molecule has 0 saturated heterocycles. The number of sulfonamides is 1. The number of hydrogen-bond donors (Lipinski definition) is 2. The molecule has 0 heterocycles. The van der Waals surface area contributed by atoms with E-state index in [1.165, 1.54) is 18.2 Å². The summed E-state index contributed by atoms with van der Waals surface area (Å²) in [6.45, 7) is 1.99. The van der Waals surface area contributed by atoms with Gasteiger partial charge in [-0.15, -0.1) is 0 Å². The summed E-state index contributed by atoms with van der Waals surface area (Å²) < 4.78 is 25.4. The highest BCUT2D eigenvalue weighted by Gasteiger charge is 2.21. The van der Waals surface area contributed by atoms with Gasteiger partial charge in [-0.25, -0.2) is 8.42 Å². The second kappa shape index (κ2) is 8.68. The third kappa shape index (κ3) is 5.37. The molecule has 1 atom stereocenters. The van der Waals surface area contributed by atoms with Crippen LogP contribution in [0.1, 0.15) is 33.1 Å². The molecule has 0 aliphatic carbocycles. The Labute approximate surface area is 175 Å². The van der Waals surface area contributed by atoms with Crippen LogP contribution in [0.25, 0.3) is 0 Å². The van der Waals surface area contributed by atoms with Gasteiger partial charge >= 0.3 is 0 Å². The van der Waals surface area contributed by atoms with Crippen LogP contribution < -0.4 is 10.0 Å². The number of anilines is 1. The van der Waals surface area contributed by atoms with Crippen LogP contribution >= 0.6 is 11.6 Å². The summed E-state index contributed by atoms with van der Waals surface area (Å²) in [5.41, 5.74) is 3.40. The van der Waals surface area contributed by atoms with Gasteiger partial charge in [-0.05, 0) is 41.8 Å². The van der Waals surface area contributed by atoms with Crippen LogP contribution in [-0.2, 0) is 10.0 Å². The zero-order chi connectivity index (χ0) is 21.0. The monoisotopic (exact) mass is 428 g/mol. The molecule has 1 unspecified atom stereocenters. The predicted molar refractivity (Wildman–Crippen MR) is 117 cm³/mol. The lowest BCUT2D eigenvalue weighted by Gasteiger charge is -2.22. The maximum absolute atomic E-state index is 13.1. The Kier molecular flexibility index (Phi) is 6.25. The van der Waals surface area contributed by atoms with Crippen molar-refractivity contribution in [3.8, 4) is 0 Å². The predicted octanol–water partition coefficient (Wildman–Crippen LogP) is 4.54. The van der Waals surface area contributed by atoms with Gasteiger partial charge in [-0.2, -0.15) is 0 Å². The molecule has 0 spiro atoms. The number of carbonyl (C=O) groups excluding carboxylic acids is 1. The maximum atomic E-state index is 13.1. The van der Waals surface area contributed by atoms with Gasteiger partial charge in [-0.1, -0.05) is 66.2 Å². The Balaban J connectivity index is 1.98. The second-order valence-corrected chi connectivity index (χ2v) is 8.90. The summed E-state index contributed by atoms with van der Waals surface area (Å²) in [5.74, 6) is -0.399. The van der Waals surface area contributed by atoms with E-state index in [4.69, 9.17) is 11.6 Å². The van der Waals surface area contributed by atoms with Crippen LogP contribution in [0.2, 0.25) is 5.02 Å². The van der Waals surface area contributed by atoms with E-state index in [1.807, 2.05) is 61.5 Å². The minimum absolute atomic E-state index is 0.190. The van der Waals surface area contributed by atoms with E-state index < -0.39 is 15.9 Å². The first-order valence-electron chi connectivity index (χ1n) is 8.93. The second-order valence-electron chi connectivity index (χ2n) is 6.74. The smallest absolute Gasteiger partial charge is 0.253 e. The Morgan fingerprint density at radius 2 is 1.62 bits per heavy atom. The zero-order valence-corrected chi connectivity index (χ0v) is 17.6. The summed E-state index contributed by atoms with van der Waals surface area (Å²) in [7, 11) is -3.47. The van der Waals surface area contributed by atoms with E-state index in [9.17, 15) is 13.2 Å². The standard InChI is InChI=1S/C22H21ClN2O3S/c1-15-8-6-7-11-18(15)21(16-9-4-3-5-10-16)24-22(26)19-14-17(12-13-20(19)23)25-29(2,27)28/h3-14,21,25H,1-2H3,(H,24,26). The van der Waals surface area contributed by atoms with Gasteiger partial charge in [0.05, 0.1) is 22.9 Å². The van der Waals surface area contributed by atoms with Gasteiger partial charge in [-0.3, -0.25) is 9.52 Å². The maximum Gasteiger partial charge on any atom is 0.253 e. The molecule has 1 amide bonds. The molecule has 2 N–H and O–H groups in total. The van der Waals surface area contributed by atoms with Crippen molar-refractivity contribution in [1.82, 2.24) is 5.32 Å². The number of amides is 1. The largest absolute Gasteiger partial charge is 0.341 e. The molecule has 3 aromatic rings. The highest BCUT2D eigenvalue weighted by atomic mass is 35.5. The van der Waals surface area contributed by atoms with E-state index >= 15 is 0 Å². The molecule has 150 valence electrons. The Hall–Kier alpha value is -2.83. The van der Waals surface area contributed by atoms with E-state index in [-0.39, 0.29) is 22.3 Å². The van der Waals surface area contributed by atoms with E-state index in [1.54, 1.807) is 0 Å². The van der Waals surface area contributed by atoms with Gasteiger partial charge in [0.2, 0.25) is 10.0 Å². The van der Waals surface area contributed by atoms with Gasteiger partial charge in [0.15, 0.2) is 0 Å². The number of nitrogens with one attached hydrogen (secondary N) is 2. The van der Waals surface area contributed by atoms with Crippen molar-refractivity contribution in [1.29, 1.82) is 0 Å². The van der Waals surface area contributed by atoms with Gasteiger partial charge in [0.25, 0.3) is 5.91 Å². The van der Waals surface area contributed by atoms with Crippen LogP contribution in [0.15, 0.2) is 72.8 Å². The van der Waals surface area contributed by atoms with Crippen molar-refractivity contribution >= 4 is 33.2 Å². The molecule has 29 heavy (non-hydrogen) atoms. The number of hydrogen-bond acceptors (Lipinski definition) is 3. The lowest BCUT2D eigenvalue weighted by molar-refractivity contribution is 0.0943. The first-order valence-corrected chi connectivity index (χ1v) is 11.2. The molecular weight excluding hydrogens is 408 g/mol. The van der Waals surface area contributed by atoms with Crippen molar-refractivity contribution in [2.75, 3.05) is 11.0 Å². The average Bonchev–Trinajstić information content (AvgIpc) is 2.68. The lowest BCUT2D eigenvalue weighted by Crippen LogP contribution is -2.30. The van der Waals surface area contributed by atoms with E-state index in [0.29, 0.717) is 0 Å². The average molecular weight is 429 g/mol. The Morgan fingerprint density at radius 1 is 0.966 bits per heavy atom. The number of halogens is 1. The highest BCUT2D eigenvalue weighted by molar-refractivity contribution is 7.92. The van der Waals surface area contributed by atoms with Crippen LogP contribution in [0.5, 0.6) is 0 Å². The van der Waals surface area contributed by atoms with Crippen molar-refractivity contribution in [2.45, 2.75) is 13.0 Å². The highest BCUT2D eigenvalue weighted by Crippen LogP contribution is 2.27. The first-order chi connectivity index (χ1) is 13.7. The molecule has 3 rings (SSSR count). The Bertz CT molecular complexity index is 1130. The number of carbonyl (C=O) groups is 1. The quantitative estimate of drug-likeness (QED) is 0.605. The third-order valence-electron chi connectivity index (χ3n) is 4.42. The van der Waals surface area contributed by atoms with Crippen molar-refractivity contribution in [2.24, 2.45) is 0 Å². The molecule has 0 bridgehead atoms. The number of aryl methyl sites for hydroxylation is 1. The summed E-state index contributed by atoms with van der Waals surface area (Å²) >= 11 is 6.23. The zero-order valence-electron chi connectivity index (χ0n) is 16.0. The minimum Gasteiger partial charge on any atom is -0.341 e. The van der Waals surface area contributed by atoms with Crippen molar-refractivity contribution < 1.29 is 13.2 Å². The van der Waals surface area contributed by atoms with Gasteiger partial charge in [0.1, 0.15) is 0 Å². The van der Waals surface area contributed by atoms with E-state index in [2.05, 4.69) is 10.0 Å². The lowest BCUT2D eigenvalue weighted by atomic mass is 9.94. The van der Waals surface area contributed by atoms with Gasteiger partial charge < -0.3 is 5.32 Å². The van der Waals surface area contributed by atoms with Crippen LogP contribution in [0.4, 0.5) is 5.69 Å². The molecule has 0 aliphatic rings. The minimum atomic E-state index is -3.47. The summed E-state index contributed by atoms with van der Waals surface area (Å²) in [6, 6.07) is 21.5. The first kappa shape index (κ1) is 20.9. The summed E-state index contributed by atoms with van der Waals surface area (Å²) in [4.78, 5) is 13.1. The SMILES string of the molecule is Cc1ccccc1C(NC(=O)c1cc(NS(C)(=O)=O)ccc1Cl)c1ccccc1. The number of benzene rings is 3. The van der Waals surface area contributed by atoms with Crippen molar-refractivity contribution in [3.05, 3.63) is 100 Å². The molecule has 0 radical (unpaired) electrons. The van der Waals surface area contributed by atoms with Crippen LogP contribution in [-0.4, -0.2) is 20.6 Å². The molecular formula is C22H21ClN2O3S. The molecule has 3 aromatic carbocycles. The molecule has 0 aliphatic heterocycles. The van der Waals surface area contributed by atoms with Gasteiger partial charge in [0, 0.05) is 5.69 Å². The fourth-order valence-corrected chi connectivity index (χ4v) is 3.84. The fourth-order valence-electron chi connectivity index (χ4n) is 3.08. The molecule has 0 aromatic heterocycles. The van der Waals surface area contributed by atoms with Crippen LogP contribution in [0.3, 0.4) is 0 Å². The van der Waals surface area contributed by atoms with Crippen molar-refractivity contribution in [3.63, 3.8) is 0 Å². The Morgan fingerprint density at radius 3 is 2.28 bits per heavy atom. The third-order valence-corrected chi connectivity index (χ3v) is 5.36.